The molecule has 1 N–H and O–H groups in total. The number of fused-ring (bicyclic) bond motifs is 1. The molecule has 2 aliphatic rings. The molecule has 1 atom stereocenters. The molecule has 2 fully saturated rings. The number of methoxy groups -OCH3 is 1. The third-order valence-electron chi connectivity index (χ3n) is 7.16. The number of carbonyl (C=O) groups is 1. The van der Waals surface area contributed by atoms with Gasteiger partial charge in [-0.3, -0.25) is 9.69 Å². The van der Waals surface area contributed by atoms with Gasteiger partial charge in [0.2, 0.25) is 0 Å². The number of benzene rings is 1. The first kappa shape index (κ1) is 25.7. The molecule has 1 aromatic carbocycles. The molecule has 7 nitrogen and oxygen atoms in total. The van der Waals surface area contributed by atoms with Crippen molar-refractivity contribution < 1.29 is 19.0 Å². The van der Waals surface area contributed by atoms with Crippen LogP contribution in [0.5, 0.6) is 11.5 Å². The molecule has 0 unspecified atom stereocenters. The molecular weight excluding hydrogens is 442 g/mol. The Kier molecular flexibility index (Phi) is 9.21. The lowest BCUT2D eigenvalue weighted by molar-refractivity contribution is 0.0881. The van der Waals surface area contributed by atoms with Crippen LogP contribution in [0.25, 0.3) is 10.9 Å². The fourth-order valence-corrected chi connectivity index (χ4v) is 5.15. The molecular formula is C28H41N3O4. The molecule has 1 saturated carbocycles. The lowest BCUT2D eigenvalue weighted by Gasteiger charge is -2.35. The first-order valence-corrected chi connectivity index (χ1v) is 13.3. The Balaban J connectivity index is 1.61. The highest BCUT2D eigenvalue weighted by molar-refractivity contribution is 5.98. The van der Waals surface area contributed by atoms with Crippen molar-refractivity contribution >= 4 is 16.8 Å². The smallest absolute Gasteiger partial charge is 0.270 e. The number of hydrogen-bond acceptors (Lipinski definition) is 6. The number of amides is 1. The van der Waals surface area contributed by atoms with Gasteiger partial charge in [0.05, 0.1) is 12.7 Å². The van der Waals surface area contributed by atoms with E-state index < -0.39 is 0 Å². The normalized spacial score (nSPS) is 20.1. The molecule has 1 aromatic heterocycles. The number of aromatic nitrogens is 1. The Labute approximate surface area is 209 Å². The van der Waals surface area contributed by atoms with E-state index in [-0.39, 0.29) is 18.1 Å². The van der Waals surface area contributed by atoms with Crippen LogP contribution < -0.4 is 14.8 Å². The zero-order valence-corrected chi connectivity index (χ0v) is 21.6. The van der Waals surface area contributed by atoms with Crippen LogP contribution >= 0.6 is 0 Å². The molecule has 192 valence electrons. The van der Waals surface area contributed by atoms with E-state index in [0.29, 0.717) is 36.2 Å². The second-order valence-electron chi connectivity index (χ2n) is 10.1. The summed E-state index contributed by atoms with van der Waals surface area (Å²) in [5, 5.41) is 4.08. The fraction of sp³-hybridized carbons (Fsp3) is 0.643. The Morgan fingerprint density at radius 1 is 1.09 bits per heavy atom. The van der Waals surface area contributed by atoms with E-state index in [4.69, 9.17) is 19.2 Å². The lowest BCUT2D eigenvalue weighted by atomic mass is 10.0. The van der Waals surface area contributed by atoms with Crippen LogP contribution in [0, 0.1) is 0 Å². The number of hydrogen-bond donors (Lipinski definition) is 1. The Hall–Kier alpha value is -2.38. The van der Waals surface area contributed by atoms with Gasteiger partial charge in [-0.25, -0.2) is 4.98 Å². The quantitative estimate of drug-likeness (QED) is 0.401. The van der Waals surface area contributed by atoms with E-state index >= 15 is 0 Å². The third kappa shape index (κ3) is 6.85. The maximum atomic E-state index is 13.3. The summed E-state index contributed by atoms with van der Waals surface area (Å²) in [4.78, 5) is 20.6. The number of nitrogens with zero attached hydrogens (tertiary/aromatic N) is 2. The van der Waals surface area contributed by atoms with Gasteiger partial charge in [0.15, 0.2) is 0 Å². The van der Waals surface area contributed by atoms with Gasteiger partial charge in [0.25, 0.3) is 5.91 Å². The van der Waals surface area contributed by atoms with E-state index in [2.05, 4.69) is 24.1 Å². The van der Waals surface area contributed by atoms with Crippen molar-refractivity contribution in [3.05, 3.63) is 30.0 Å². The predicted octanol–water partition coefficient (Wildman–Crippen LogP) is 4.96. The Bertz CT molecular complexity index is 972. The molecule has 0 radical (unpaired) electrons. The van der Waals surface area contributed by atoms with Gasteiger partial charge in [0, 0.05) is 37.2 Å². The zero-order chi connectivity index (χ0) is 24.6. The largest absolute Gasteiger partial charge is 0.490 e. The number of para-hydroxylation sites is 1. The average molecular weight is 484 g/mol. The van der Waals surface area contributed by atoms with Crippen molar-refractivity contribution in [2.75, 3.05) is 33.4 Å². The maximum Gasteiger partial charge on any atom is 0.270 e. The number of rotatable bonds is 9. The lowest BCUT2D eigenvalue weighted by Crippen LogP contribution is -2.49. The van der Waals surface area contributed by atoms with Crippen molar-refractivity contribution in [2.45, 2.75) is 83.4 Å². The number of pyridine rings is 1. The van der Waals surface area contributed by atoms with Gasteiger partial charge in [-0.05, 0) is 71.0 Å². The Morgan fingerprint density at radius 2 is 1.89 bits per heavy atom. The van der Waals surface area contributed by atoms with Crippen molar-refractivity contribution in [2.24, 2.45) is 0 Å². The minimum atomic E-state index is -0.164. The molecule has 1 amide bonds. The molecule has 35 heavy (non-hydrogen) atoms. The zero-order valence-electron chi connectivity index (χ0n) is 21.6. The summed E-state index contributed by atoms with van der Waals surface area (Å²) in [5.74, 6) is 1.20. The highest BCUT2D eigenvalue weighted by Crippen LogP contribution is 2.34. The second-order valence-corrected chi connectivity index (χ2v) is 10.1. The van der Waals surface area contributed by atoms with Crippen molar-refractivity contribution in [3.8, 4) is 11.5 Å². The van der Waals surface area contributed by atoms with E-state index in [1.807, 2.05) is 18.2 Å². The molecule has 0 bridgehead atoms. The molecule has 0 spiro atoms. The first-order chi connectivity index (χ1) is 17.0. The van der Waals surface area contributed by atoms with Gasteiger partial charge < -0.3 is 19.5 Å². The van der Waals surface area contributed by atoms with E-state index in [0.717, 1.165) is 49.9 Å². The van der Waals surface area contributed by atoms with Crippen molar-refractivity contribution in [1.82, 2.24) is 15.2 Å². The van der Waals surface area contributed by atoms with Gasteiger partial charge in [0.1, 0.15) is 29.3 Å². The van der Waals surface area contributed by atoms with Gasteiger partial charge >= 0.3 is 0 Å². The van der Waals surface area contributed by atoms with Crippen LogP contribution in [0.15, 0.2) is 24.3 Å². The van der Waals surface area contributed by atoms with Crippen LogP contribution in [0.4, 0.5) is 0 Å². The average Bonchev–Trinajstić information content (AvgIpc) is 3.13. The molecule has 4 rings (SSSR count). The topological polar surface area (TPSA) is 72.9 Å². The minimum Gasteiger partial charge on any atom is -0.490 e. The fourth-order valence-electron chi connectivity index (χ4n) is 5.15. The molecule has 1 aliphatic carbocycles. The SMILES string of the molecule is COCCOc1cc(C(=O)N[C@@H]2CCCN(C(C)C)C2)nc2c(OC3CCCCCC3)cccc12. The van der Waals surface area contributed by atoms with Crippen LogP contribution in [-0.2, 0) is 4.74 Å². The summed E-state index contributed by atoms with van der Waals surface area (Å²) < 4.78 is 17.7. The molecule has 1 saturated heterocycles. The predicted molar refractivity (Wildman–Crippen MR) is 138 cm³/mol. The highest BCUT2D eigenvalue weighted by atomic mass is 16.5. The monoisotopic (exact) mass is 483 g/mol. The number of likely N-dealkylation sites (tertiary alicyclic amines) is 1. The number of ether oxygens (including phenoxy) is 3. The van der Waals surface area contributed by atoms with Gasteiger partial charge in [-0.15, -0.1) is 0 Å². The van der Waals surface area contributed by atoms with Crippen molar-refractivity contribution in [1.29, 1.82) is 0 Å². The summed E-state index contributed by atoms with van der Waals surface area (Å²) in [6, 6.07) is 8.26. The molecule has 2 heterocycles. The summed E-state index contributed by atoms with van der Waals surface area (Å²) >= 11 is 0. The third-order valence-corrected chi connectivity index (χ3v) is 7.16. The molecule has 2 aromatic rings. The number of piperidine rings is 1. The van der Waals surface area contributed by atoms with Gasteiger partial charge in [-0.2, -0.15) is 0 Å². The summed E-state index contributed by atoms with van der Waals surface area (Å²) in [5.41, 5.74) is 1.05. The molecule has 1 aliphatic heterocycles. The van der Waals surface area contributed by atoms with E-state index in [1.165, 1.54) is 25.7 Å². The molecule has 7 heteroatoms. The van der Waals surface area contributed by atoms with Crippen LogP contribution in [0.1, 0.15) is 75.7 Å². The summed E-state index contributed by atoms with van der Waals surface area (Å²) in [6.07, 6.45) is 9.28. The van der Waals surface area contributed by atoms with Crippen LogP contribution in [-0.4, -0.2) is 67.4 Å². The maximum absolute atomic E-state index is 13.3. The first-order valence-electron chi connectivity index (χ1n) is 13.3. The van der Waals surface area contributed by atoms with E-state index in [1.54, 1.807) is 13.2 Å². The second kappa shape index (κ2) is 12.5. The summed E-state index contributed by atoms with van der Waals surface area (Å²) in [7, 11) is 1.65. The van der Waals surface area contributed by atoms with Crippen molar-refractivity contribution in [3.63, 3.8) is 0 Å². The minimum absolute atomic E-state index is 0.117. The van der Waals surface area contributed by atoms with Crippen LogP contribution in [0.2, 0.25) is 0 Å². The standard InChI is InChI=1S/C28H41N3O4/c1-20(2)31-15-9-10-21(19-31)29-28(32)24-18-26(34-17-16-33-3)23-13-8-14-25(27(23)30-24)35-22-11-6-4-5-7-12-22/h8,13-14,18,20-22H,4-7,9-12,15-17,19H2,1-3H3,(H,29,32)/t21-/m1/s1. The van der Waals surface area contributed by atoms with E-state index in [9.17, 15) is 4.79 Å². The number of carbonyl (C=O) groups excluding carboxylic acids is 1. The van der Waals surface area contributed by atoms with Crippen LogP contribution in [0.3, 0.4) is 0 Å². The summed E-state index contributed by atoms with van der Waals surface area (Å²) in [6.45, 7) is 7.22. The van der Waals surface area contributed by atoms with Gasteiger partial charge in [-0.1, -0.05) is 18.9 Å². The Morgan fingerprint density at radius 3 is 2.63 bits per heavy atom. The highest BCUT2D eigenvalue weighted by Gasteiger charge is 2.25. The number of nitrogens with one attached hydrogen (secondary N) is 1.